The number of hydrogen-bond acceptors (Lipinski definition) is 4. The zero-order chi connectivity index (χ0) is 16.5. The van der Waals surface area contributed by atoms with E-state index in [1.165, 1.54) is 31.4 Å². The topological polar surface area (TPSA) is 72.5 Å². The standard InChI is InChI=1S/C17H19NO4/c1-4-6-12(5-2)15(19)11-18-16(20)13-7-9-14(10-8-13)17(21)22-3/h4-10H,11H2,1-3H3,(H,18,20)/b6-4-,12-5+. The Morgan fingerprint density at radius 1 is 1.09 bits per heavy atom. The van der Waals surface area contributed by atoms with Gasteiger partial charge in [0.05, 0.1) is 19.2 Å². The van der Waals surface area contributed by atoms with E-state index in [2.05, 4.69) is 10.1 Å². The predicted octanol–water partition coefficient (Wildman–Crippen LogP) is 2.29. The Balaban J connectivity index is 2.66. The summed E-state index contributed by atoms with van der Waals surface area (Å²) in [6, 6.07) is 6.02. The van der Waals surface area contributed by atoms with Gasteiger partial charge < -0.3 is 10.1 Å². The number of rotatable bonds is 6. The fraction of sp³-hybridized carbons (Fsp3) is 0.235. The summed E-state index contributed by atoms with van der Waals surface area (Å²) in [5.41, 5.74) is 1.27. The fourth-order valence-electron chi connectivity index (χ4n) is 1.77. The van der Waals surface area contributed by atoms with Crippen molar-refractivity contribution in [2.45, 2.75) is 13.8 Å². The van der Waals surface area contributed by atoms with Gasteiger partial charge in [0.15, 0.2) is 5.78 Å². The van der Waals surface area contributed by atoms with Gasteiger partial charge in [-0.05, 0) is 38.1 Å². The molecule has 1 rings (SSSR count). The van der Waals surface area contributed by atoms with Crippen LogP contribution in [0.15, 0.2) is 48.1 Å². The number of ether oxygens (including phenoxy) is 1. The second-order valence-corrected chi connectivity index (χ2v) is 4.42. The van der Waals surface area contributed by atoms with E-state index < -0.39 is 5.97 Å². The molecular weight excluding hydrogens is 282 g/mol. The van der Waals surface area contributed by atoms with Gasteiger partial charge in [-0.1, -0.05) is 18.2 Å². The second kappa shape index (κ2) is 8.56. The molecule has 0 aromatic heterocycles. The van der Waals surface area contributed by atoms with Crippen molar-refractivity contribution in [2.24, 2.45) is 0 Å². The maximum atomic E-state index is 12.0. The maximum absolute atomic E-state index is 12.0. The number of esters is 1. The third-order valence-electron chi connectivity index (χ3n) is 2.96. The monoisotopic (exact) mass is 301 g/mol. The van der Waals surface area contributed by atoms with Crippen LogP contribution in [0.1, 0.15) is 34.6 Å². The van der Waals surface area contributed by atoms with Crippen LogP contribution < -0.4 is 5.32 Å². The average Bonchev–Trinajstić information content (AvgIpc) is 2.56. The summed E-state index contributed by atoms with van der Waals surface area (Å²) in [4.78, 5) is 35.1. The zero-order valence-corrected chi connectivity index (χ0v) is 12.9. The summed E-state index contributed by atoms with van der Waals surface area (Å²) in [6.45, 7) is 3.50. The summed E-state index contributed by atoms with van der Waals surface area (Å²) in [7, 11) is 1.29. The Morgan fingerprint density at radius 2 is 1.68 bits per heavy atom. The minimum absolute atomic E-state index is 0.0817. The number of benzene rings is 1. The van der Waals surface area contributed by atoms with Crippen LogP contribution in [0.4, 0.5) is 0 Å². The van der Waals surface area contributed by atoms with Gasteiger partial charge in [0, 0.05) is 11.1 Å². The molecule has 0 spiro atoms. The minimum Gasteiger partial charge on any atom is -0.465 e. The number of Topliss-reactive ketones (excluding diaryl/α,β-unsaturated/α-hetero) is 1. The first-order chi connectivity index (χ1) is 10.5. The molecule has 1 aromatic carbocycles. The summed E-state index contributed by atoms with van der Waals surface area (Å²) in [5, 5.41) is 2.56. The molecule has 22 heavy (non-hydrogen) atoms. The van der Waals surface area contributed by atoms with Gasteiger partial charge in [-0.3, -0.25) is 9.59 Å². The largest absolute Gasteiger partial charge is 0.465 e. The lowest BCUT2D eigenvalue weighted by Gasteiger charge is -2.06. The summed E-state index contributed by atoms with van der Waals surface area (Å²) < 4.78 is 4.58. The molecule has 0 atom stereocenters. The van der Waals surface area contributed by atoms with Crippen LogP contribution >= 0.6 is 0 Å². The molecule has 0 aliphatic carbocycles. The third kappa shape index (κ3) is 4.70. The fourth-order valence-corrected chi connectivity index (χ4v) is 1.77. The van der Waals surface area contributed by atoms with Gasteiger partial charge in [0.2, 0.25) is 0 Å². The Kier molecular flexibility index (Phi) is 6.76. The van der Waals surface area contributed by atoms with E-state index >= 15 is 0 Å². The SMILES string of the molecule is C/C=C\C(=C/C)C(=O)CNC(=O)c1ccc(C(=O)OC)cc1. The van der Waals surface area contributed by atoms with Crippen molar-refractivity contribution in [2.75, 3.05) is 13.7 Å². The van der Waals surface area contributed by atoms with Gasteiger partial charge >= 0.3 is 5.97 Å². The first kappa shape index (κ1) is 17.4. The van der Waals surface area contributed by atoms with Crippen molar-refractivity contribution in [1.29, 1.82) is 0 Å². The van der Waals surface area contributed by atoms with Crippen LogP contribution in [0.3, 0.4) is 0 Å². The van der Waals surface area contributed by atoms with Crippen LogP contribution in [0, 0.1) is 0 Å². The molecule has 0 bridgehead atoms. The molecule has 0 aliphatic heterocycles. The normalized spacial score (nSPS) is 11.3. The molecule has 0 radical (unpaired) electrons. The maximum Gasteiger partial charge on any atom is 0.337 e. The highest BCUT2D eigenvalue weighted by atomic mass is 16.5. The van der Waals surface area contributed by atoms with E-state index in [0.717, 1.165) is 0 Å². The molecule has 5 nitrogen and oxygen atoms in total. The van der Waals surface area contributed by atoms with Gasteiger partial charge in [-0.15, -0.1) is 0 Å². The number of allylic oxidation sites excluding steroid dienone is 3. The zero-order valence-electron chi connectivity index (χ0n) is 12.9. The van der Waals surface area contributed by atoms with Crippen molar-refractivity contribution in [1.82, 2.24) is 5.32 Å². The molecule has 0 saturated heterocycles. The molecule has 0 heterocycles. The van der Waals surface area contributed by atoms with Crippen LogP contribution in [-0.4, -0.2) is 31.3 Å². The van der Waals surface area contributed by atoms with E-state index in [-0.39, 0.29) is 18.2 Å². The molecule has 1 N–H and O–H groups in total. The molecule has 1 aromatic rings. The van der Waals surface area contributed by atoms with Gasteiger partial charge in [0.25, 0.3) is 5.91 Å². The first-order valence-electron chi connectivity index (χ1n) is 6.82. The van der Waals surface area contributed by atoms with Crippen LogP contribution in [-0.2, 0) is 9.53 Å². The van der Waals surface area contributed by atoms with Crippen molar-refractivity contribution in [3.63, 3.8) is 0 Å². The lowest BCUT2D eigenvalue weighted by Crippen LogP contribution is -2.30. The van der Waals surface area contributed by atoms with Crippen molar-refractivity contribution in [3.05, 3.63) is 59.2 Å². The Labute approximate surface area is 129 Å². The summed E-state index contributed by atoms with van der Waals surface area (Å²) in [5.74, 6) is -1.01. The molecule has 116 valence electrons. The summed E-state index contributed by atoms with van der Waals surface area (Å²) >= 11 is 0. The van der Waals surface area contributed by atoms with E-state index in [1.54, 1.807) is 25.2 Å². The lowest BCUT2D eigenvalue weighted by atomic mass is 10.1. The summed E-state index contributed by atoms with van der Waals surface area (Å²) in [6.07, 6.45) is 5.15. The van der Waals surface area contributed by atoms with Gasteiger partial charge in [0.1, 0.15) is 0 Å². The third-order valence-corrected chi connectivity index (χ3v) is 2.96. The number of nitrogens with one attached hydrogen (secondary N) is 1. The lowest BCUT2D eigenvalue weighted by molar-refractivity contribution is -0.114. The van der Waals surface area contributed by atoms with E-state index in [9.17, 15) is 14.4 Å². The molecule has 5 heteroatoms. The quantitative estimate of drug-likeness (QED) is 0.497. The number of carbonyl (C=O) groups excluding carboxylic acids is 3. The molecule has 0 fully saturated rings. The number of amides is 1. The second-order valence-electron chi connectivity index (χ2n) is 4.42. The van der Waals surface area contributed by atoms with Gasteiger partial charge in [-0.2, -0.15) is 0 Å². The predicted molar refractivity (Wildman–Crippen MR) is 83.7 cm³/mol. The van der Waals surface area contributed by atoms with E-state index in [0.29, 0.717) is 16.7 Å². The van der Waals surface area contributed by atoms with Crippen LogP contribution in [0.25, 0.3) is 0 Å². The number of ketones is 1. The van der Waals surface area contributed by atoms with Crippen molar-refractivity contribution < 1.29 is 19.1 Å². The van der Waals surface area contributed by atoms with Crippen molar-refractivity contribution >= 4 is 17.7 Å². The highest BCUT2D eigenvalue weighted by molar-refractivity contribution is 6.03. The number of hydrogen-bond donors (Lipinski definition) is 1. The van der Waals surface area contributed by atoms with Crippen LogP contribution in [0.2, 0.25) is 0 Å². The average molecular weight is 301 g/mol. The Bertz CT molecular complexity index is 612. The molecule has 0 saturated carbocycles. The highest BCUT2D eigenvalue weighted by Crippen LogP contribution is 2.06. The Hall–Kier alpha value is -2.69. The molecule has 1 amide bonds. The van der Waals surface area contributed by atoms with Crippen molar-refractivity contribution in [3.8, 4) is 0 Å². The highest BCUT2D eigenvalue weighted by Gasteiger charge is 2.11. The van der Waals surface area contributed by atoms with E-state index in [1.807, 2.05) is 6.92 Å². The first-order valence-corrected chi connectivity index (χ1v) is 6.82. The van der Waals surface area contributed by atoms with E-state index in [4.69, 9.17) is 0 Å². The molecular formula is C17H19NO4. The smallest absolute Gasteiger partial charge is 0.337 e. The number of methoxy groups -OCH3 is 1. The molecule has 0 unspecified atom stereocenters. The minimum atomic E-state index is -0.466. The van der Waals surface area contributed by atoms with Gasteiger partial charge in [-0.25, -0.2) is 4.79 Å². The van der Waals surface area contributed by atoms with Crippen LogP contribution in [0.5, 0.6) is 0 Å². The molecule has 0 aliphatic rings. The number of carbonyl (C=O) groups is 3. The Morgan fingerprint density at radius 3 is 2.18 bits per heavy atom.